The molecular weight excluding hydrogens is 352 g/mol. The summed E-state index contributed by atoms with van der Waals surface area (Å²) in [7, 11) is 0. The van der Waals surface area contributed by atoms with Gasteiger partial charge in [-0.3, -0.25) is 9.89 Å². The number of hydrogen-bond donors (Lipinski definition) is 1. The molecule has 0 saturated carbocycles. The van der Waals surface area contributed by atoms with Crippen molar-refractivity contribution in [2.24, 2.45) is 0 Å². The second-order valence-corrected chi connectivity index (χ2v) is 6.58. The molecule has 4 aromatic rings. The van der Waals surface area contributed by atoms with E-state index in [1.807, 2.05) is 30.3 Å². The minimum atomic E-state index is -0.178. The summed E-state index contributed by atoms with van der Waals surface area (Å²) in [5.74, 6) is 1.61. The molecule has 10 heteroatoms. The SMILES string of the molecule is CCCc1nc2nc(CSc3nnnn3-c3ccccc3)cc(=O)n2[nH]1. The van der Waals surface area contributed by atoms with Crippen molar-refractivity contribution in [3.05, 3.63) is 58.3 Å². The van der Waals surface area contributed by atoms with E-state index in [-0.39, 0.29) is 5.56 Å². The highest BCUT2D eigenvalue weighted by Crippen LogP contribution is 2.21. The van der Waals surface area contributed by atoms with Crippen molar-refractivity contribution < 1.29 is 0 Å². The van der Waals surface area contributed by atoms with E-state index in [9.17, 15) is 4.79 Å². The highest BCUT2D eigenvalue weighted by Gasteiger charge is 2.12. The van der Waals surface area contributed by atoms with Crippen LogP contribution in [0.2, 0.25) is 0 Å². The summed E-state index contributed by atoms with van der Waals surface area (Å²) in [6.45, 7) is 2.06. The quantitative estimate of drug-likeness (QED) is 0.516. The largest absolute Gasteiger partial charge is 0.275 e. The zero-order valence-electron chi connectivity index (χ0n) is 14.0. The third-order valence-corrected chi connectivity index (χ3v) is 4.66. The minimum Gasteiger partial charge on any atom is -0.275 e. The lowest BCUT2D eigenvalue weighted by molar-refractivity contribution is 0.756. The van der Waals surface area contributed by atoms with E-state index in [1.165, 1.54) is 22.3 Å². The number of tetrazole rings is 1. The minimum absolute atomic E-state index is 0.178. The summed E-state index contributed by atoms with van der Waals surface area (Å²) in [6.07, 6.45) is 1.72. The Morgan fingerprint density at radius 2 is 2.04 bits per heavy atom. The van der Waals surface area contributed by atoms with Gasteiger partial charge in [-0.05, 0) is 29.0 Å². The van der Waals surface area contributed by atoms with Gasteiger partial charge in [0.15, 0.2) is 0 Å². The predicted octanol–water partition coefficient (Wildman–Crippen LogP) is 1.64. The Kier molecular flexibility index (Phi) is 4.48. The van der Waals surface area contributed by atoms with Crippen LogP contribution in [0.3, 0.4) is 0 Å². The maximum atomic E-state index is 12.3. The van der Waals surface area contributed by atoms with Crippen molar-refractivity contribution in [1.82, 2.24) is 39.8 Å². The molecular formula is C16H16N8OS. The standard InChI is InChI=1S/C16H16N8OS/c1-2-6-13-18-15-17-11(9-14(25)24(15)20-13)10-26-16-19-21-22-23(16)12-7-4-3-5-8-12/h3-5,7-9H,2,6,10H2,1H3,(H,17,18,20). The third kappa shape index (κ3) is 3.23. The maximum absolute atomic E-state index is 12.3. The molecule has 0 aliphatic heterocycles. The van der Waals surface area contributed by atoms with Gasteiger partial charge in [-0.25, -0.2) is 4.98 Å². The smallest absolute Gasteiger partial charge is 0.274 e. The monoisotopic (exact) mass is 368 g/mol. The van der Waals surface area contributed by atoms with Gasteiger partial charge in [0.2, 0.25) is 5.16 Å². The number of nitrogens with zero attached hydrogens (tertiary/aromatic N) is 7. The number of aromatic amines is 1. The van der Waals surface area contributed by atoms with E-state index >= 15 is 0 Å². The summed E-state index contributed by atoms with van der Waals surface area (Å²) in [4.78, 5) is 21.1. The fraction of sp³-hybridized carbons (Fsp3) is 0.250. The normalized spacial score (nSPS) is 11.3. The Labute approximate surface area is 152 Å². The summed E-state index contributed by atoms with van der Waals surface area (Å²) in [6, 6.07) is 11.1. The Bertz CT molecular complexity index is 1080. The van der Waals surface area contributed by atoms with Gasteiger partial charge in [0.05, 0.1) is 11.4 Å². The summed E-state index contributed by atoms with van der Waals surface area (Å²) in [5.41, 5.74) is 1.33. The zero-order valence-corrected chi connectivity index (χ0v) is 14.8. The third-order valence-electron chi connectivity index (χ3n) is 3.71. The molecule has 0 aliphatic carbocycles. The molecule has 9 nitrogen and oxygen atoms in total. The first kappa shape index (κ1) is 16.5. The Morgan fingerprint density at radius 3 is 2.85 bits per heavy atom. The molecule has 3 heterocycles. The number of thioether (sulfide) groups is 1. The fourth-order valence-electron chi connectivity index (χ4n) is 2.53. The lowest BCUT2D eigenvalue weighted by Crippen LogP contribution is -2.15. The number of nitrogens with one attached hydrogen (secondary N) is 1. The highest BCUT2D eigenvalue weighted by molar-refractivity contribution is 7.98. The fourth-order valence-corrected chi connectivity index (χ4v) is 3.32. The topological polar surface area (TPSA) is 107 Å². The number of H-pyrrole nitrogens is 1. The van der Waals surface area contributed by atoms with E-state index in [0.717, 1.165) is 24.4 Å². The second-order valence-electron chi connectivity index (χ2n) is 5.64. The van der Waals surface area contributed by atoms with Crippen LogP contribution in [0.1, 0.15) is 24.9 Å². The van der Waals surface area contributed by atoms with E-state index in [4.69, 9.17) is 0 Å². The molecule has 4 rings (SSSR count). The number of aromatic nitrogens is 8. The first-order chi connectivity index (χ1) is 12.7. The first-order valence-corrected chi connectivity index (χ1v) is 9.17. The van der Waals surface area contributed by atoms with Crippen LogP contribution in [0.4, 0.5) is 0 Å². The molecule has 0 bridgehead atoms. The predicted molar refractivity (Wildman–Crippen MR) is 96.3 cm³/mol. The van der Waals surface area contributed by atoms with E-state index in [1.54, 1.807) is 4.68 Å². The average Bonchev–Trinajstić information content (AvgIpc) is 3.28. The molecule has 0 atom stereocenters. The molecule has 0 fully saturated rings. The lowest BCUT2D eigenvalue weighted by Gasteiger charge is -2.03. The number of hydrogen-bond acceptors (Lipinski definition) is 7. The van der Waals surface area contributed by atoms with Crippen LogP contribution in [0.15, 0.2) is 46.3 Å². The average molecular weight is 368 g/mol. The van der Waals surface area contributed by atoms with Crippen molar-refractivity contribution in [2.45, 2.75) is 30.7 Å². The molecule has 0 radical (unpaired) electrons. The van der Waals surface area contributed by atoms with Crippen LogP contribution in [-0.2, 0) is 12.2 Å². The molecule has 3 aromatic heterocycles. The van der Waals surface area contributed by atoms with Gasteiger partial charge in [-0.1, -0.05) is 36.9 Å². The first-order valence-electron chi connectivity index (χ1n) is 8.19. The summed E-state index contributed by atoms with van der Waals surface area (Å²) in [5, 5.41) is 15.4. The molecule has 0 saturated heterocycles. The number of fused-ring (bicyclic) bond motifs is 1. The van der Waals surface area contributed by atoms with Gasteiger partial charge >= 0.3 is 0 Å². The molecule has 0 spiro atoms. The molecule has 26 heavy (non-hydrogen) atoms. The van der Waals surface area contributed by atoms with Crippen LogP contribution >= 0.6 is 11.8 Å². The number of aryl methyl sites for hydroxylation is 1. The van der Waals surface area contributed by atoms with Crippen LogP contribution in [-0.4, -0.2) is 39.8 Å². The van der Waals surface area contributed by atoms with Gasteiger partial charge in [-0.2, -0.15) is 14.2 Å². The van der Waals surface area contributed by atoms with Gasteiger partial charge in [0.1, 0.15) is 5.82 Å². The Hall–Kier alpha value is -3.01. The van der Waals surface area contributed by atoms with E-state index in [0.29, 0.717) is 22.4 Å². The molecule has 0 unspecified atom stereocenters. The highest BCUT2D eigenvalue weighted by atomic mass is 32.2. The van der Waals surface area contributed by atoms with Crippen LogP contribution < -0.4 is 5.56 Å². The van der Waals surface area contributed by atoms with Crippen molar-refractivity contribution >= 4 is 17.5 Å². The van der Waals surface area contributed by atoms with Gasteiger partial charge in [0, 0.05) is 18.2 Å². The lowest BCUT2D eigenvalue weighted by atomic mass is 10.3. The molecule has 1 N–H and O–H groups in total. The zero-order chi connectivity index (χ0) is 17.9. The Balaban J connectivity index is 1.57. The van der Waals surface area contributed by atoms with Crippen LogP contribution in [0, 0.1) is 0 Å². The van der Waals surface area contributed by atoms with E-state index < -0.39 is 0 Å². The summed E-state index contributed by atoms with van der Waals surface area (Å²) >= 11 is 1.41. The van der Waals surface area contributed by atoms with Crippen molar-refractivity contribution in [2.75, 3.05) is 0 Å². The Morgan fingerprint density at radius 1 is 1.19 bits per heavy atom. The maximum Gasteiger partial charge on any atom is 0.274 e. The molecule has 132 valence electrons. The van der Waals surface area contributed by atoms with Crippen LogP contribution in [0.5, 0.6) is 0 Å². The molecule has 0 aliphatic rings. The van der Waals surface area contributed by atoms with Gasteiger partial charge < -0.3 is 0 Å². The number of para-hydroxylation sites is 1. The van der Waals surface area contributed by atoms with Crippen molar-refractivity contribution in [3.8, 4) is 5.69 Å². The molecule has 1 aromatic carbocycles. The van der Waals surface area contributed by atoms with Crippen LogP contribution in [0.25, 0.3) is 11.5 Å². The van der Waals surface area contributed by atoms with Crippen molar-refractivity contribution in [1.29, 1.82) is 0 Å². The summed E-state index contributed by atoms with van der Waals surface area (Å²) < 4.78 is 3.02. The van der Waals surface area contributed by atoms with Gasteiger partial charge in [0.25, 0.3) is 11.3 Å². The van der Waals surface area contributed by atoms with Gasteiger partial charge in [-0.15, -0.1) is 5.10 Å². The van der Waals surface area contributed by atoms with E-state index in [2.05, 4.69) is 37.5 Å². The second kappa shape index (κ2) is 7.08. The number of benzene rings is 1. The van der Waals surface area contributed by atoms with Crippen molar-refractivity contribution in [3.63, 3.8) is 0 Å². The molecule has 0 amide bonds. The number of rotatable bonds is 6.